The average Bonchev–Trinajstić information content (AvgIpc) is 2.46. The highest BCUT2D eigenvalue weighted by molar-refractivity contribution is 5.69. The van der Waals surface area contributed by atoms with Crippen LogP contribution in [0.25, 0.3) is 0 Å². The molecule has 0 spiro atoms. The van der Waals surface area contributed by atoms with Crippen molar-refractivity contribution in [2.24, 2.45) is 11.1 Å². The van der Waals surface area contributed by atoms with Gasteiger partial charge < -0.3 is 10.2 Å². The number of carboxylic acid groups (broad SMARTS) is 1. The summed E-state index contributed by atoms with van der Waals surface area (Å²) in [6.45, 7) is 7.52. The van der Waals surface area contributed by atoms with Crippen molar-refractivity contribution in [3.63, 3.8) is 0 Å². The molecule has 5 nitrogen and oxygen atoms in total. The van der Waals surface area contributed by atoms with E-state index in [0.29, 0.717) is 32.1 Å². The number of rotatable bonds is 14. The van der Waals surface area contributed by atoms with Crippen molar-refractivity contribution in [2.45, 2.75) is 103 Å². The maximum absolute atomic E-state index is 11.1. The van der Waals surface area contributed by atoms with Crippen LogP contribution in [0.15, 0.2) is 5.18 Å². The Morgan fingerprint density at radius 1 is 1.04 bits per heavy atom. The third-order valence-corrected chi connectivity index (χ3v) is 4.74. The monoisotopic (exact) mass is 329 g/mol. The van der Waals surface area contributed by atoms with Gasteiger partial charge in [0.05, 0.1) is 17.1 Å². The smallest absolute Gasteiger partial charge is 0.306 e. The van der Waals surface area contributed by atoms with Gasteiger partial charge in [0.15, 0.2) is 0 Å². The zero-order valence-electron chi connectivity index (χ0n) is 15.3. The standard InChI is InChI=1S/C18H35NO4/c1-5-6-7-11-17(3,19-23)12-9-14-18(4,22)13-8-10-15(2)16(20)21/h15,22H,5-14H2,1-4H3,(H,20,21). The van der Waals surface area contributed by atoms with Crippen LogP contribution in [0.4, 0.5) is 0 Å². The Hall–Kier alpha value is -0.970. The first-order chi connectivity index (χ1) is 10.7. The summed E-state index contributed by atoms with van der Waals surface area (Å²) in [6, 6.07) is 0. The topological polar surface area (TPSA) is 87.0 Å². The molecule has 0 aliphatic rings. The molecule has 0 rings (SSSR count). The summed E-state index contributed by atoms with van der Waals surface area (Å²) < 4.78 is 0. The van der Waals surface area contributed by atoms with Crippen molar-refractivity contribution in [3.05, 3.63) is 4.91 Å². The molecule has 0 saturated heterocycles. The van der Waals surface area contributed by atoms with Crippen molar-refractivity contribution < 1.29 is 15.0 Å². The third-order valence-electron chi connectivity index (χ3n) is 4.74. The van der Waals surface area contributed by atoms with Gasteiger partial charge in [-0.3, -0.25) is 4.79 Å². The quantitative estimate of drug-likeness (QED) is 0.350. The lowest BCUT2D eigenvalue weighted by Gasteiger charge is -2.26. The molecule has 0 radical (unpaired) electrons. The molecule has 136 valence electrons. The third kappa shape index (κ3) is 10.4. The highest BCUT2D eigenvalue weighted by atomic mass is 16.4. The van der Waals surface area contributed by atoms with Crippen molar-refractivity contribution in [2.75, 3.05) is 0 Å². The number of carbonyl (C=O) groups is 1. The summed E-state index contributed by atoms with van der Waals surface area (Å²) in [5.74, 6) is -1.16. The maximum atomic E-state index is 11.1. The van der Waals surface area contributed by atoms with Crippen LogP contribution < -0.4 is 0 Å². The minimum atomic E-state index is -0.800. The summed E-state index contributed by atoms with van der Waals surface area (Å²) in [5.41, 5.74) is -1.32. The summed E-state index contributed by atoms with van der Waals surface area (Å²) in [7, 11) is 0. The van der Waals surface area contributed by atoms with Gasteiger partial charge in [0.25, 0.3) is 0 Å². The van der Waals surface area contributed by atoms with Gasteiger partial charge >= 0.3 is 5.97 Å². The van der Waals surface area contributed by atoms with Gasteiger partial charge in [0, 0.05) is 0 Å². The Balaban J connectivity index is 4.10. The molecule has 0 bridgehead atoms. The highest BCUT2D eigenvalue weighted by Crippen LogP contribution is 2.29. The molecule has 3 unspecified atom stereocenters. The van der Waals surface area contributed by atoms with E-state index in [1.807, 2.05) is 6.92 Å². The molecule has 0 aliphatic heterocycles. The fourth-order valence-electron chi connectivity index (χ4n) is 2.86. The Bertz CT molecular complexity index is 357. The predicted octanol–water partition coefficient (Wildman–Crippen LogP) is 4.90. The molecule has 0 aromatic carbocycles. The SMILES string of the molecule is CCCCCC(C)(CCCC(C)(O)CCCC(C)C(=O)O)N=O. The second-order valence-corrected chi connectivity index (χ2v) is 7.53. The molecule has 23 heavy (non-hydrogen) atoms. The molecule has 0 amide bonds. The Kier molecular flexibility index (Phi) is 10.3. The molecule has 0 fully saturated rings. The first-order valence-electron chi connectivity index (χ1n) is 8.95. The minimum Gasteiger partial charge on any atom is -0.481 e. The summed E-state index contributed by atoms with van der Waals surface area (Å²) in [4.78, 5) is 21.9. The Morgan fingerprint density at radius 3 is 2.13 bits per heavy atom. The summed E-state index contributed by atoms with van der Waals surface area (Å²) >= 11 is 0. The van der Waals surface area contributed by atoms with Crippen LogP contribution in [0.1, 0.15) is 91.9 Å². The number of aliphatic hydroxyl groups is 1. The second-order valence-electron chi connectivity index (χ2n) is 7.53. The fourth-order valence-corrected chi connectivity index (χ4v) is 2.86. The van der Waals surface area contributed by atoms with Crippen LogP contribution in [0.3, 0.4) is 0 Å². The highest BCUT2D eigenvalue weighted by Gasteiger charge is 2.27. The number of nitroso groups, excluding NO2 is 1. The molecule has 0 aromatic heterocycles. The number of hydrogen-bond donors (Lipinski definition) is 2. The largest absolute Gasteiger partial charge is 0.481 e. The second kappa shape index (κ2) is 10.7. The number of carboxylic acids is 1. The molecule has 5 heteroatoms. The maximum Gasteiger partial charge on any atom is 0.306 e. The van der Waals surface area contributed by atoms with Gasteiger partial charge in [0.1, 0.15) is 0 Å². The van der Waals surface area contributed by atoms with E-state index < -0.39 is 17.1 Å². The number of hydrogen-bond acceptors (Lipinski definition) is 4. The van der Waals surface area contributed by atoms with E-state index >= 15 is 0 Å². The van der Waals surface area contributed by atoms with Crippen LogP contribution in [0, 0.1) is 10.8 Å². The average molecular weight is 329 g/mol. The molecule has 0 aromatic rings. The summed E-state index contributed by atoms with van der Waals surface area (Å²) in [5, 5.41) is 22.6. The van der Waals surface area contributed by atoms with E-state index in [2.05, 4.69) is 12.1 Å². The van der Waals surface area contributed by atoms with Crippen molar-refractivity contribution >= 4 is 5.97 Å². The van der Waals surface area contributed by atoms with Gasteiger partial charge in [-0.15, -0.1) is 0 Å². The van der Waals surface area contributed by atoms with E-state index in [1.54, 1.807) is 13.8 Å². The minimum absolute atomic E-state index is 0.369. The van der Waals surface area contributed by atoms with E-state index in [4.69, 9.17) is 5.11 Å². The number of nitrogens with zero attached hydrogens (tertiary/aromatic N) is 1. The molecule has 0 saturated carbocycles. The van der Waals surface area contributed by atoms with Crippen molar-refractivity contribution in [1.29, 1.82) is 0 Å². The predicted molar refractivity (Wildman–Crippen MR) is 93.5 cm³/mol. The van der Waals surface area contributed by atoms with E-state index in [0.717, 1.165) is 32.1 Å². The summed E-state index contributed by atoms with van der Waals surface area (Å²) in [6.07, 6.45) is 8.00. The van der Waals surface area contributed by atoms with Crippen LogP contribution in [0.5, 0.6) is 0 Å². The van der Waals surface area contributed by atoms with Crippen LogP contribution in [-0.4, -0.2) is 27.3 Å². The lowest BCUT2D eigenvalue weighted by Crippen LogP contribution is -2.27. The zero-order valence-corrected chi connectivity index (χ0v) is 15.3. The van der Waals surface area contributed by atoms with Gasteiger partial charge in [-0.25, -0.2) is 0 Å². The van der Waals surface area contributed by atoms with E-state index in [-0.39, 0.29) is 5.92 Å². The first-order valence-corrected chi connectivity index (χ1v) is 8.95. The number of unbranched alkanes of at least 4 members (excludes halogenated alkanes) is 2. The normalized spacial score (nSPS) is 18.0. The lowest BCUT2D eigenvalue weighted by molar-refractivity contribution is -0.141. The first kappa shape index (κ1) is 22.0. The van der Waals surface area contributed by atoms with E-state index in [9.17, 15) is 14.8 Å². The molecule has 0 heterocycles. The van der Waals surface area contributed by atoms with Gasteiger partial charge in [-0.05, 0) is 58.8 Å². The van der Waals surface area contributed by atoms with Crippen molar-refractivity contribution in [3.8, 4) is 0 Å². The molecule has 3 atom stereocenters. The fraction of sp³-hybridized carbons (Fsp3) is 0.944. The lowest BCUT2D eigenvalue weighted by atomic mass is 9.85. The molecular weight excluding hydrogens is 294 g/mol. The van der Waals surface area contributed by atoms with E-state index in [1.165, 1.54) is 0 Å². The van der Waals surface area contributed by atoms with Crippen LogP contribution in [-0.2, 0) is 4.79 Å². The Morgan fingerprint density at radius 2 is 1.61 bits per heavy atom. The molecule has 0 aliphatic carbocycles. The van der Waals surface area contributed by atoms with Crippen LogP contribution >= 0.6 is 0 Å². The zero-order chi connectivity index (χ0) is 17.9. The molecule has 2 N–H and O–H groups in total. The molecular formula is C18H35NO4. The van der Waals surface area contributed by atoms with Gasteiger partial charge in [-0.2, -0.15) is 4.91 Å². The Labute approximate surface area is 140 Å². The number of aliphatic carboxylic acids is 1. The van der Waals surface area contributed by atoms with Gasteiger partial charge in [0.2, 0.25) is 0 Å². The van der Waals surface area contributed by atoms with Crippen molar-refractivity contribution in [1.82, 2.24) is 0 Å². The van der Waals surface area contributed by atoms with Crippen LogP contribution in [0.2, 0.25) is 0 Å². The van der Waals surface area contributed by atoms with Gasteiger partial charge in [-0.1, -0.05) is 38.3 Å².